The van der Waals surface area contributed by atoms with Crippen molar-refractivity contribution in [3.63, 3.8) is 0 Å². The minimum absolute atomic E-state index is 0.0180. The maximum absolute atomic E-state index is 14.4. The highest BCUT2D eigenvalue weighted by atomic mass is 19.1. The molecule has 29 heteroatoms. The minimum Gasteiger partial charge on any atom is -0.468 e. The van der Waals surface area contributed by atoms with Gasteiger partial charge in [-0.1, -0.05) is 120 Å². The Kier molecular flexibility index (Phi) is 39.1. The number of piperidine rings is 2. The third-order valence-electron chi connectivity index (χ3n) is 20.3. The summed E-state index contributed by atoms with van der Waals surface area (Å²) < 4.78 is 47.6. The highest BCUT2D eigenvalue weighted by Gasteiger charge is 2.47. The van der Waals surface area contributed by atoms with Gasteiger partial charge in [0.15, 0.2) is 11.6 Å². The van der Waals surface area contributed by atoms with Gasteiger partial charge in [-0.3, -0.25) is 43.2 Å². The van der Waals surface area contributed by atoms with Crippen LogP contribution in [0.25, 0.3) is 0 Å². The van der Waals surface area contributed by atoms with Crippen molar-refractivity contribution >= 4 is 71.1 Å². The summed E-state index contributed by atoms with van der Waals surface area (Å²) in [7, 11) is 2.49. The SMILES string of the molecule is COC(=O)C1(N)CCN(C(=O)[C@@H](CCCCN)NC(=O)[C@H](CC(=O)[C@@H](Cc2ccccc2)NC(=O)[C@H](N)Cc2ccc(F)cc2)CC(C)C)CC1.COC(=O)C1(NC(=O)OC(C)(C)C)CCN(C(=O)[C@@H](CCCCNC(=O)OC(C)(C)C)NC(=O)[C@H](CC(=O)[C@@H](Cc2ccccc2)NC(=O)[C@H](C)Cc2ccc(F)cc2)CC(C)C)CC1. The summed E-state index contributed by atoms with van der Waals surface area (Å²) in [5.41, 5.74) is 17.1. The zero-order valence-corrected chi connectivity index (χ0v) is 70.1. The van der Waals surface area contributed by atoms with E-state index in [0.717, 1.165) is 16.7 Å². The molecule has 8 atom stereocenters. The Morgan fingerprint density at radius 3 is 1.28 bits per heavy atom. The number of amides is 8. The van der Waals surface area contributed by atoms with E-state index in [2.05, 4.69) is 31.9 Å². The summed E-state index contributed by atoms with van der Waals surface area (Å²) >= 11 is 0. The normalized spacial score (nSPS) is 16.0. The summed E-state index contributed by atoms with van der Waals surface area (Å²) in [6.45, 7) is 21.1. The lowest BCUT2D eigenvalue weighted by Crippen LogP contribution is -2.62. The fraction of sp³-hybridized carbons (Fsp3) is 0.586. The Balaban J connectivity index is 0.000000426. The van der Waals surface area contributed by atoms with Gasteiger partial charge in [0.25, 0.3) is 0 Å². The predicted octanol–water partition coefficient (Wildman–Crippen LogP) is 8.74. The van der Waals surface area contributed by atoms with Crippen LogP contribution in [0.3, 0.4) is 0 Å². The number of carbonyl (C=O) groups is 12. The van der Waals surface area contributed by atoms with Gasteiger partial charge in [0.2, 0.25) is 35.4 Å². The average Bonchev–Trinajstić information content (AvgIpc) is 0.798. The highest BCUT2D eigenvalue weighted by Crippen LogP contribution is 2.29. The first-order valence-corrected chi connectivity index (χ1v) is 40.5. The first-order chi connectivity index (χ1) is 54.6. The van der Waals surface area contributed by atoms with Gasteiger partial charge in [0.1, 0.15) is 46.0 Å². The molecule has 2 aliphatic heterocycles. The predicted molar refractivity (Wildman–Crippen MR) is 436 cm³/mol. The second kappa shape index (κ2) is 46.9. The highest BCUT2D eigenvalue weighted by molar-refractivity contribution is 5.97. The van der Waals surface area contributed by atoms with Crippen LogP contribution in [0.1, 0.15) is 188 Å². The number of benzene rings is 4. The smallest absolute Gasteiger partial charge is 0.408 e. The molecule has 8 amide bonds. The Morgan fingerprint density at radius 1 is 0.474 bits per heavy atom. The van der Waals surface area contributed by atoms with Crippen LogP contribution in [-0.4, -0.2) is 187 Å². The van der Waals surface area contributed by atoms with Crippen molar-refractivity contribution < 1.29 is 85.3 Å². The molecule has 2 fully saturated rings. The standard InChI is InChI=1S/C49H72FN5O10.C38H55FN6O6/c1-32(2)28-36(31-40(56)39(30-34-16-12-11-13-17-34)53-41(57)33(3)29-35-19-21-37(50)22-20-35)42(58)52-38(18-14-15-25-51-45(61)64-47(4,5)6)43(59)55-26-23-49(24-27-55,44(60)63-10)54-46(62)65-48(7,8)9;1-25(2)21-28(34(47)43-31(11-7-8-18-40)36(49)45-19-16-38(42,17-20-45)37(50)51-3)24-33(46)32(23-26-9-5-4-6-10-26)44-35(48)30(41)22-27-12-14-29(39)15-13-27/h11-13,16-17,19-22,32-33,36,38-39H,14-15,18,23-31H2,1-10H3,(H,51,61)(H,52,58)(H,53,57)(H,54,62);4-6,9-10,12-15,25,28,30-32H,7-8,11,16-24,40-42H2,1-3H3,(H,43,47)(H,44,48)/t33-,36+,38-,39-;28-,30+,31+,32+/m10/s1. The number of alkyl carbamates (subject to hydrolysis) is 2. The molecule has 4 aromatic carbocycles. The molecule has 2 heterocycles. The molecule has 0 aromatic heterocycles. The number of esters is 2. The van der Waals surface area contributed by atoms with Gasteiger partial charge in [0.05, 0.1) is 32.3 Å². The Bertz CT molecular complexity index is 3840. The van der Waals surface area contributed by atoms with Crippen molar-refractivity contribution in [3.05, 3.63) is 143 Å². The van der Waals surface area contributed by atoms with E-state index in [1.807, 2.05) is 88.4 Å². The number of ketones is 2. The maximum Gasteiger partial charge on any atom is 0.408 e. The molecule has 0 saturated carbocycles. The van der Waals surface area contributed by atoms with Gasteiger partial charge in [-0.05, 0) is 209 Å². The molecule has 12 N–H and O–H groups in total. The Labute approximate surface area is 682 Å². The summed E-state index contributed by atoms with van der Waals surface area (Å²) in [5.74, 6) is -7.36. The van der Waals surface area contributed by atoms with Gasteiger partial charge >= 0.3 is 24.1 Å². The van der Waals surface area contributed by atoms with E-state index in [-0.39, 0.29) is 138 Å². The quantitative estimate of drug-likeness (QED) is 0.0114. The molecule has 0 aliphatic carbocycles. The summed E-state index contributed by atoms with van der Waals surface area (Å²) in [6, 6.07) is 25.2. The van der Waals surface area contributed by atoms with Gasteiger partial charge in [-0.15, -0.1) is 0 Å². The molecular weight excluding hydrogens is 1490 g/mol. The molecule has 0 unspecified atom stereocenters. The molecule has 0 radical (unpaired) electrons. The van der Waals surface area contributed by atoms with E-state index < -0.39 is 124 Å². The summed E-state index contributed by atoms with van der Waals surface area (Å²) in [6.07, 6.45) is 2.93. The fourth-order valence-corrected chi connectivity index (χ4v) is 14.0. The molecule has 2 aliphatic rings. The number of ether oxygens (including phenoxy) is 4. The van der Waals surface area contributed by atoms with Crippen LogP contribution in [0, 0.1) is 41.2 Å². The molecule has 0 spiro atoms. The number of hydrogen-bond acceptors (Lipinski definition) is 19. The van der Waals surface area contributed by atoms with Crippen molar-refractivity contribution in [3.8, 4) is 0 Å². The monoisotopic (exact) mass is 1620 g/mol. The van der Waals surface area contributed by atoms with Crippen LogP contribution < -0.4 is 49.1 Å². The number of nitrogens with two attached hydrogens (primary N) is 3. The Hall–Kier alpha value is -9.74. The second-order valence-electron chi connectivity index (χ2n) is 33.5. The van der Waals surface area contributed by atoms with E-state index in [1.54, 1.807) is 77.6 Å². The number of nitrogens with one attached hydrogen (secondary N) is 6. The number of nitrogens with zero attached hydrogens (tertiary/aromatic N) is 2. The molecule has 640 valence electrons. The van der Waals surface area contributed by atoms with Gasteiger partial charge in [-0.25, -0.2) is 23.2 Å². The number of Topliss-reactive ketones (excluding diaryl/α,β-unsaturated/α-hetero) is 2. The van der Waals surface area contributed by atoms with Crippen LogP contribution in [0.4, 0.5) is 18.4 Å². The molecule has 6 rings (SSSR count). The zero-order valence-electron chi connectivity index (χ0n) is 70.1. The first-order valence-electron chi connectivity index (χ1n) is 40.5. The number of methoxy groups -OCH3 is 2. The number of hydrogen-bond donors (Lipinski definition) is 9. The maximum atomic E-state index is 14.4. The summed E-state index contributed by atoms with van der Waals surface area (Å²) in [4.78, 5) is 165. The van der Waals surface area contributed by atoms with Crippen LogP contribution in [0.2, 0.25) is 0 Å². The zero-order chi connectivity index (χ0) is 86.1. The second-order valence-corrected chi connectivity index (χ2v) is 33.5. The number of halogens is 2. The van der Waals surface area contributed by atoms with Crippen LogP contribution in [0.5, 0.6) is 0 Å². The van der Waals surface area contributed by atoms with E-state index in [9.17, 15) is 66.3 Å². The third-order valence-corrected chi connectivity index (χ3v) is 20.3. The van der Waals surface area contributed by atoms with Crippen molar-refractivity contribution in [1.82, 2.24) is 41.7 Å². The lowest BCUT2D eigenvalue weighted by atomic mass is 9.86. The van der Waals surface area contributed by atoms with Crippen molar-refractivity contribution in [2.45, 2.75) is 244 Å². The molecule has 27 nitrogen and oxygen atoms in total. The Morgan fingerprint density at radius 2 is 0.862 bits per heavy atom. The number of unbranched alkanes of at least 4 members (excludes halogenated alkanes) is 2. The molecule has 116 heavy (non-hydrogen) atoms. The first kappa shape index (κ1) is 96.8. The third kappa shape index (κ3) is 33.5. The van der Waals surface area contributed by atoms with E-state index in [1.165, 1.54) is 43.4 Å². The van der Waals surface area contributed by atoms with Crippen molar-refractivity contribution in [2.24, 2.45) is 46.8 Å². The molecular formula is C87H127F2N11O16. The van der Waals surface area contributed by atoms with Crippen LogP contribution in [0.15, 0.2) is 109 Å². The fourth-order valence-electron chi connectivity index (χ4n) is 14.0. The molecule has 4 aromatic rings. The van der Waals surface area contributed by atoms with Crippen LogP contribution in [-0.2, 0) is 92.6 Å². The van der Waals surface area contributed by atoms with Gasteiger partial charge in [-0.2, -0.15) is 0 Å². The molecule has 2 saturated heterocycles. The van der Waals surface area contributed by atoms with E-state index in [0.29, 0.717) is 63.5 Å². The van der Waals surface area contributed by atoms with Crippen LogP contribution >= 0.6 is 0 Å². The number of likely N-dealkylation sites (tertiary alicyclic amines) is 2. The van der Waals surface area contributed by atoms with Gasteiger partial charge < -0.3 is 77.8 Å². The molecule has 0 bridgehead atoms. The minimum atomic E-state index is -1.45. The number of carbonyl (C=O) groups excluding carboxylic acids is 12. The summed E-state index contributed by atoms with van der Waals surface area (Å²) in [5, 5.41) is 17.0. The largest absolute Gasteiger partial charge is 0.468 e. The number of rotatable bonds is 40. The van der Waals surface area contributed by atoms with E-state index >= 15 is 0 Å². The lowest BCUT2D eigenvalue weighted by Gasteiger charge is -2.41. The average molecular weight is 1620 g/mol. The van der Waals surface area contributed by atoms with E-state index in [4.69, 9.17) is 36.1 Å². The topological polar surface area (TPSA) is 398 Å². The van der Waals surface area contributed by atoms with Crippen molar-refractivity contribution in [1.29, 1.82) is 0 Å². The van der Waals surface area contributed by atoms with Crippen molar-refractivity contribution in [2.75, 3.05) is 53.5 Å². The van der Waals surface area contributed by atoms with Gasteiger partial charge in [0, 0.05) is 63.3 Å². The lowest BCUT2D eigenvalue weighted by molar-refractivity contribution is -0.153.